The van der Waals surface area contributed by atoms with Crippen molar-refractivity contribution < 1.29 is 24.2 Å². The molecule has 2 aromatic carbocycles. The molecule has 0 saturated heterocycles. The van der Waals surface area contributed by atoms with Crippen LogP contribution in [-0.4, -0.2) is 23.7 Å². The van der Waals surface area contributed by atoms with Crippen molar-refractivity contribution in [3.05, 3.63) is 59.7 Å². The first-order valence-corrected chi connectivity index (χ1v) is 7.23. The van der Waals surface area contributed by atoms with Crippen molar-refractivity contribution in [2.24, 2.45) is 0 Å². The highest BCUT2D eigenvalue weighted by Crippen LogP contribution is 2.25. The number of hydrogen-bond donors (Lipinski definition) is 1. The predicted molar refractivity (Wildman–Crippen MR) is 85.1 cm³/mol. The highest BCUT2D eigenvalue weighted by molar-refractivity contribution is 5.87. The Morgan fingerprint density at radius 1 is 1.04 bits per heavy atom. The van der Waals surface area contributed by atoms with E-state index < -0.39 is 11.9 Å². The number of carboxylic acid groups (broad SMARTS) is 1. The van der Waals surface area contributed by atoms with Crippen LogP contribution in [0.3, 0.4) is 0 Å². The summed E-state index contributed by atoms with van der Waals surface area (Å²) in [6.07, 6.45) is 0. The summed E-state index contributed by atoms with van der Waals surface area (Å²) in [6, 6.07) is 13.1. The normalized spacial score (nSPS) is 10.4. The van der Waals surface area contributed by atoms with Gasteiger partial charge in [0.15, 0.2) is 6.61 Å². The van der Waals surface area contributed by atoms with Crippen molar-refractivity contribution in [3.8, 4) is 11.5 Å². The largest absolute Gasteiger partial charge is 0.482 e. The van der Waals surface area contributed by atoms with Gasteiger partial charge in [-0.15, -0.1) is 0 Å². The fourth-order valence-electron chi connectivity index (χ4n) is 2.05. The number of benzene rings is 2. The predicted octanol–water partition coefficient (Wildman–Crippen LogP) is 3.49. The average molecular weight is 314 g/mol. The molecule has 0 bridgehead atoms. The van der Waals surface area contributed by atoms with Gasteiger partial charge in [0.05, 0.1) is 5.56 Å². The van der Waals surface area contributed by atoms with Crippen LogP contribution in [0.1, 0.15) is 35.7 Å². The van der Waals surface area contributed by atoms with E-state index in [1.54, 1.807) is 0 Å². The molecule has 0 aliphatic heterocycles. The second kappa shape index (κ2) is 7.45. The van der Waals surface area contributed by atoms with Gasteiger partial charge in [0.25, 0.3) is 0 Å². The summed E-state index contributed by atoms with van der Waals surface area (Å²) in [7, 11) is 0. The molecule has 5 heteroatoms. The second-order valence-electron chi connectivity index (χ2n) is 5.28. The molecule has 2 aromatic rings. The Morgan fingerprint density at radius 2 is 1.70 bits per heavy atom. The molecule has 5 nitrogen and oxygen atoms in total. The van der Waals surface area contributed by atoms with Crippen LogP contribution in [0.5, 0.6) is 11.5 Å². The summed E-state index contributed by atoms with van der Waals surface area (Å²) in [4.78, 5) is 22.6. The third-order valence-electron chi connectivity index (χ3n) is 3.22. The van der Waals surface area contributed by atoms with Crippen LogP contribution in [0, 0.1) is 0 Å². The maximum atomic E-state index is 11.8. The fraction of sp³-hybridized carbons (Fsp3) is 0.222. The molecule has 0 aromatic heterocycles. The lowest BCUT2D eigenvalue weighted by molar-refractivity contribution is -0.136. The Labute approximate surface area is 134 Å². The fourth-order valence-corrected chi connectivity index (χ4v) is 2.05. The number of esters is 1. The van der Waals surface area contributed by atoms with E-state index in [0.29, 0.717) is 5.75 Å². The lowest BCUT2D eigenvalue weighted by Crippen LogP contribution is -2.18. The molecule has 0 amide bonds. The van der Waals surface area contributed by atoms with Crippen molar-refractivity contribution in [2.75, 3.05) is 6.61 Å². The van der Waals surface area contributed by atoms with E-state index in [4.69, 9.17) is 14.6 Å². The lowest BCUT2D eigenvalue weighted by Gasteiger charge is -2.13. The molecule has 120 valence electrons. The third-order valence-corrected chi connectivity index (χ3v) is 3.22. The van der Waals surface area contributed by atoms with Crippen molar-refractivity contribution >= 4 is 11.9 Å². The SMILES string of the molecule is CC(C)c1ccccc1OCC(=O)Oc1ccc(C(=O)O)cc1. The van der Waals surface area contributed by atoms with E-state index in [9.17, 15) is 9.59 Å². The van der Waals surface area contributed by atoms with Gasteiger partial charge in [-0.25, -0.2) is 9.59 Å². The minimum atomic E-state index is -1.03. The molecule has 0 unspecified atom stereocenters. The van der Waals surface area contributed by atoms with Crippen LogP contribution in [-0.2, 0) is 4.79 Å². The van der Waals surface area contributed by atoms with Gasteiger partial charge in [0.1, 0.15) is 11.5 Å². The van der Waals surface area contributed by atoms with Gasteiger partial charge in [0, 0.05) is 0 Å². The topological polar surface area (TPSA) is 72.8 Å². The van der Waals surface area contributed by atoms with Gasteiger partial charge in [0.2, 0.25) is 0 Å². The highest BCUT2D eigenvalue weighted by Gasteiger charge is 2.11. The number of carbonyl (C=O) groups excluding carboxylic acids is 1. The van der Waals surface area contributed by atoms with E-state index in [0.717, 1.165) is 5.56 Å². The van der Waals surface area contributed by atoms with E-state index in [1.165, 1.54) is 24.3 Å². The number of rotatable bonds is 6. The maximum absolute atomic E-state index is 11.8. The van der Waals surface area contributed by atoms with Crippen LogP contribution < -0.4 is 9.47 Å². The molecule has 2 rings (SSSR count). The van der Waals surface area contributed by atoms with Crippen molar-refractivity contribution in [1.82, 2.24) is 0 Å². The molecule has 0 saturated carbocycles. The van der Waals surface area contributed by atoms with E-state index in [-0.39, 0.29) is 23.8 Å². The van der Waals surface area contributed by atoms with E-state index in [2.05, 4.69) is 0 Å². The number of aromatic carboxylic acids is 1. The molecule has 0 aliphatic carbocycles. The molecule has 0 radical (unpaired) electrons. The molecule has 0 heterocycles. The smallest absolute Gasteiger partial charge is 0.349 e. The molecule has 0 atom stereocenters. The zero-order valence-electron chi connectivity index (χ0n) is 13.0. The van der Waals surface area contributed by atoms with Gasteiger partial charge in [-0.3, -0.25) is 0 Å². The lowest BCUT2D eigenvalue weighted by atomic mass is 10.0. The Morgan fingerprint density at radius 3 is 2.30 bits per heavy atom. The highest BCUT2D eigenvalue weighted by atomic mass is 16.6. The molecule has 0 spiro atoms. The quantitative estimate of drug-likeness (QED) is 0.652. The van der Waals surface area contributed by atoms with Gasteiger partial charge in [-0.1, -0.05) is 32.0 Å². The maximum Gasteiger partial charge on any atom is 0.349 e. The van der Waals surface area contributed by atoms with Gasteiger partial charge in [-0.05, 0) is 41.8 Å². The van der Waals surface area contributed by atoms with E-state index >= 15 is 0 Å². The standard InChI is InChI=1S/C18H18O5/c1-12(2)15-5-3-4-6-16(15)22-11-17(19)23-14-9-7-13(8-10-14)18(20)21/h3-10,12H,11H2,1-2H3,(H,20,21). The summed E-state index contributed by atoms with van der Waals surface area (Å²) < 4.78 is 10.6. The van der Waals surface area contributed by atoms with Crippen LogP contribution >= 0.6 is 0 Å². The minimum absolute atomic E-state index is 0.131. The monoisotopic (exact) mass is 314 g/mol. The molecular weight excluding hydrogens is 296 g/mol. The van der Waals surface area contributed by atoms with Gasteiger partial charge < -0.3 is 14.6 Å². The Bertz CT molecular complexity index is 689. The molecule has 1 N–H and O–H groups in total. The number of carboxylic acids is 1. The van der Waals surface area contributed by atoms with Crippen LogP contribution in [0.4, 0.5) is 0 Å². The molecule has 0 fully saturated rings. The molecule has 23 heavy (non-hydrogen) atoms. The Balaban J connectivity index is 1.94. The summed E-state index contributed by atoms with van der Waals surface area (Å²) in [5, 5.41) is 8.81. The zero-order chi connectivity index (χ0) is 16.8. The first-order chi connectivity index (χ1) is 11.0. The summed E-state index contributed by atoms with van der Waals surface area (Å²) in [5.41, 5.74) is 1.15. The Kier molecular flexibility index (Phi) is 5.36. The third kappa shape index (κ3) is 4.57. The van der Waals surface area contributed by atoms with Crippen LogP contribution in [0.2, 0.25) is 0 Å². The molecular formula is C18H18O5. The van der Waals surface area contributed by atoms with Gasteiger partial charge >= 0.3 is 11.9 Å². The Hall–Kier alpha value is -2.82. The number of hydrogen-bond acceptors (Lipinski definition) is 4. The average Bonchev–Trinajstić information content (AvgIpc) is 2.53. The summed E-state index contributed by atoms with van der Waals surface area (Å²) in [6.45, 7) is 3.87. The minimum Gasteiger partial charge on any atom is -0.482 e. The number of carbonyl (C=O) groups is 2. The first-order valence-electron chi connectivity index (χ1n) is 7.23. The summed E-state index contributed by atoms with van der Waals surface area (Å²) >= 11 is 0. The van der Waals surface area contributed by atoms with Crippen molar-refractivity contribution in [2.45, 2.75) is 19.8 Å². The second-order valence-corrected chi connectivity index (χ2v) is 5.28. The van der Waals surface area contributed by atoms with Crippen molar-refractivity contribution in [3.63, 3.8) is 0 Å². The van der Waals surface area contributed by atoms with Crippen molar-refractivity contribution in [1.29, 1.82) is 0 Å². The first kappa shape index (κ1) is 16.5. The number of ether oxygens (including phenoxy) is 2. The van der Waals surface area contributed by atoms with E-state index in [1.807, 2.05) is 38.1 Å². The zero-order valence-corrected chi connectivity index (χ0v) is 13.0. The van der Waals surface area contributed by atoms with Gasteiger partial charge in [-0.2, -0.15) is 0 Å². The molecule has 0 aliphatic rings. The number of para-hydroxylation sites is 1. The van der Waals surface area contributed by atoms with Crippen LogP contribution in [0.15, 0.2) is 48.5 Å². The summed E-state index contributed by atoms with van der Waals surface area (Å²) in [5.74, 6) is -0.365. The van der Waals surface area contributed by atoms with Crippen LogP contribution in [0.25, 0.3) is 0 Å².